The molecule has 0 spiro atoms. The van der Waals surface area contributed by atoms with Crippen LogP contribution in [0, 0.1) is 11.8 Å². The summed E-state index contributed by atoms with van der Waals surface area (Å²) in [5, 5.41) is 3.68. The molecule has 1 aliphatic carbocycles. The standard InChI is InChI=1S/C17H27N/c1-13(2)14(3)11-18-12-16-9-6-8-15-7-4-5-10-17(15)16/h4-5,7,10,13-14,16,18H,6,8-9,11-12H2,1-3H3. The van der Waals surface area contributed by atoms with Gasteiger partial charge in [-0.1, -0.05) is 45.0 Å². The first-order valence-corrected chi connectivity index (χ1v) is 7.47. The van der Waals surface area contributed by atoms with Crippen LogP contribution in [0.1, 0.15) is 50.7 Å². The Morgan fingerprint density at radius 3 is 2.78 bits per heavy atom. The predicted molar refractivity (Wildman–Crippen MR) is 79.0 cm³/mol. The highest BCUT2D eigenvalue weighted by molar-refractivity contribution is 5.32. The fourth-order valence-electron chi connectivity index (χ4n) is 2.79. The third-order valence-corrected chi connectivity index (χ3v) is 4.49. The normalized spacial score (nSPS) is 20.8. The SMILES string of the molecule is CC(C)C(C)CNCC1CCCc2ccccc21. The van der Waals surface area contributed by atoms with E-state index >= 15 is 0 Å². The molecule has 0 bridgehead atoms. The van der Waals surface area contributed by atoms with Gasteiger partial charge in [-0.25, -0.2) is 0 Å². The van der Waals surface area contributed by atoms with Gasteiger partial charge in [-0.3, -0.25) is 0 Å². The molecule has 2 unspecified atom stereocenters. The van der Waals surface area contributed by atoms with Crippen LogP contribution in [0.25, 0.3) is 0 Å². The number of benzene rings is 1. The summed E-state index contributed by atoms with van der Waals surface area (Å²) >= 11 is 0. The molecule has 1 aromatic rings. The highest BCUT2D eigenvalue weighted by Gasteiger charge is 2.19. The molecule has 18 heavy (non-hydrogen) atoms. The van der Waals surface area contributed by atoms with Crippen LogP contribution in [0.15, 0.2) is 24.3 Å². The van der Waals surface area contributed by atoms with Crippen molar-refractivity contribution in [3.63, 3.8) is 0 Å². The number of hydrogen-bond donors (Lipinski definition) is 1. The van der Waals surface area contributed by atoms with Gasteiger partial charge in [-0.2, -0.15) is 0 Å². The van der Waals surface area contributed by atoms with Crippen LogP contribution in [0.5, 0.6) is 0 Å². The molecule has 1 aliphatic rings. The highest BCUT2D eigenvalue weighted by atomic mass is 14.9. The average molecular weight is 245 g/mol. The van der Waals surface area contributed by atoms with Gasteiger partial charge in [0.25, 0.3) is 0 Å². The minimum absolute atomic E-state index is 0.731. The Hall–Kier alpha value is -0.820. The Morgan fingerprint density at radius 2 is 2.00 bits per heavy atom. The first kappa shape index (κ1) is 13.6. The summed E-state index contributed by atoms with van der Waals surface area (Å²) in [5.41, 5.74) is 3.17. The lowest BCUT2D eigenvalue weighted by molar-refractivity contribution is 0.381. The van der Waals surface area contributed by atoms with Crippen molar-refractivity contribution >= 4 is 0 Å². The molecule has 2 atom stereocenters. The maximum absolute atomic E-state index is 3.68. The minimum Gasteiger partial charge on any atom is -0.316 e. The molecule has 1 N–H and O–H groups in total. The van der Waals surface area contributed by atoms with E-state index in [4.69, 9.17) is 0 Å². The first-order valence-electron chi connectivity index (χ1n) is 7.47. The van der Waals surface area contributed by atoms with E-state index in [1.165, 1.54) is 19.3 Å². The summed E-state index contributed by atoms with van der Waals surface area (Å²) in [6, 6.07) is 8.99. The summed E-state index contributed by atoms with van der Waals surface area (Å²) in [4.78, 5) is 0. The largest absolute Gasteiger partial charge is 0.316 e. The second kappa shape index (κ2) is 6.38. The van der Waals surface area contributed by atoms with Crippen LogP contribution >= 0.6 is 0 Å². The second-order valence-corrected chi connectivity index (χ2v) is 6.17. The lowest BCUT2D eigenvalue weighted by Gasteiger charge is -2.26. The quantitative estimate of drug-likeness (QED) is 0.827. The van der Waals surface area contributed by atoms with Gasteiger partial charge in [-0.15, -0.1) is 0 Å². The van der Waals surface area contributed by atoms with Crippen molar-refractivity contribution in [3.05, 3.63) is 35.4 Å². The summed E-state index contributed by atoms with van der Waals surface area (Å²) in [6.07, 6.45) is 3.97. The van der Waals surface area contributed by atoms with Crippen LogP contribution in [-0.4, -0.2) is 13.1 Å². The molecular weight excluding hydrogens is 218 g/mol. The zero-order valence-electron chi connectivity index (χ0n) is 12.1. The van der Waals surface area contributed by atoms with Crippen molar-refractivity contribution in [2.24, 2.45) is 11.8 Å². The Labute approximate surface area is 112 Å². The highest BCUT2D eigenvalue weighted by Crippen LogP contribution is 2.30. The zero-order valence-corrected chi connectivity index (χ0v) is 12.1. The molecule has 0 radical (unpaired) electrons. The maximum atomic E-state index is 3.68. The van der Waals surface area contributed by atoms with Gasteiger partial charge in [0.05, 0.1) is 0 Å². The van der Waals surface area contributed by atoms with Crippen molar-refractivity contribution in [2.45, 2.75) is 46.0 Å². The summed E-state index contributed by atoms with van der Waals surface area (Å²) < 4.78 is 0. The summed E-state index contributed by atoms with van der Waals surface area (Å²) in [5.74, 6) is 2.27. The topological polar surface area (TPSA) is 12.0 Å². The smallest absolute Gasteiger partial charge is 0.00203 e. The Bertz CT molecular complexity index is 370. The molecular formula is C17H27N. The predicted octanol–water partition coefficient (Wildman–Crippen LogP) is 3.99. The zero-order chi connectivity index (χ0) is 13.0. The van der Waals surface area contributed by atoms with Gasteiger partial charge in [0, 0.05) is 6.54 Å². The molecule has 0 fully saturated rings. The van der Waals surface area contributed by atoms with Crippen molar-refractivity contribution in [1.29, 1.82) is 0 Å². The third kappa shape index (κ3) is 3.35. The maximum Gasteiger partial charge on any atom is 0.00203 e. The first-order chi connectivity index (χ1) is 8.68. The Balaban J connectivity index is 1.88. The Kier molecular flexibility index (Phi) is 4.82. The molecule has 0 saturated heterocycles. The molecule has 1 heteroatoms. The molecule has 0 aliphatic heterocycles. The van der Waals surface area contributed by atoms with Gasteiger partial charge in [0.1, 0.15) is 0 Å². The van der Waals surface area contributed by atoms with E-state index in [0.29, 0.717) is 0 Å². The molecule has 0 aromatic heterocycles. The van der Waals surface area contributed by atoms with Gasteiger partial charge in [-0.05, 0) is 54.7 Å². The lowest BCUT2D eigenvalue weighted by Crippen LogP contribution is -2.29. The Morgan fingerprint density at radius 1 is 1.22 bits per heavy atom. The van der Waals surface area contributed by atoms with Crippen molar-refractivity contribution < 1.29 is 0 Å². The molecule has 1 aromatic carbocycles. The summed E-state index contributed by atoms with van der Waals surface area (Å²) in [7, 11) is 0. The van der Waals surface area contributed by atoms with Gasteiger partial charge >= 0.3 is 0 Å². The van der Waals surface area contributed by atoms with E-state index in [1.807, 2.05) is 0 Å². The van der Waals surface area contributed by atoms with Gasteiger partial charge in [0.2, 0.25) is 0 Å². The van der Waals surface area contributed by atoms with Crippen molar-refractivity contribution in [2.75, 3.05) is 13.1 Å². The minimum atomic E-state index is 0.731. The molecule has 2 rings (SSSR count). The number of aryl methyl sites for hydroxylation is 1. The van der Waals surface area contributed by atoms with Crippen molar-refractivity contribution in [3.8, 4) is 0 Å². The van der Waals surface area contributed by atoms with E-state index in [0.717, 1.165) is 30.8 Å². The van der Waals surface area contributed by atoms with E-state index in [1.54, 1.807) is 11.1 Å². The van der Waals surface area contributed by atoms with Crippen LogP contribution in [-0.2, 0) is 6.42 Å². The fraction of sp³-hybridized carbons (Fsp3) is 0.647. The average Bonchev–Trinajstić information content (AvgIpc) is 2.38. The monoisotopic (exact) mass is 245 g/mol. The molecule has 0 heterocycles. The van der Waals surface area contributed by atoms with Crippen LogP contribution in [0.2, 0.25) is 0 Å². The molecule has 0 saturated carbocycles. The van der Waals surface area contributed by atoms with Crippen LogP contribution in [0.3, 0.4) is 0 Å². The molecule has 100 valence electrons. The van der Waals surface area contributed by atoms with E-state index < -0.39 is 0 Å². The summed E-state index contributed by atoms with van der Waals surface area (Å²) in [6.45, 7) is 9.25. The van der Waals surface area contributed by atoms with E-state index in [-0.39, 0.29) is 0 Å². The van der Waals surface area contributed by atoms with Gasteiger partial charge < -0.3 is 5.32 Å². The van der Waals surface area contributed by atoms with Crippen LogP contribution in [0.4, 0.5) is 0 Å². The van der Waals surface area contributed by atoms with Gasteiger partial charge in [0.15, 0.2) is 0 Å². The number of hydrogen-bond acceptors (Lipinski definition) is 1. The molecule has 0 amide bonds. The van der Waals surface area contributed by atoms with E-state index in [9.17, 15) is 0 Å². The lowest BCUT2D eigenvalue weighted by atomic mass is 9.83. The number of rotatable bonds is 5. The third-order valence-electron chi connectivity index (χ3n) is 4.49. The fourth-order valence-corrected chi connectivity index (χ4v) is 2.79. The van der Waals surface area contributed by atoms with Crippen molar-refractivity contribution in [1.82, 2.24) is 5.32 Å². The number of nitrogens with one attached hydrogen (secondary N) is 1. The van der Waals surface area contributed by atoms with Crippen LogP contribution < -0.4 is 5.32 Å². The number of fused-ring (bicyclic) bond motifs is 1. The molecule has 1 nitrogen and oxygen atoms in total. The second-order valence-electron chi connectivity index (χ2n) is 6.17. The van der Waals surface area contributed by atoms with E-state index in [2.05, 4.69) is 50.4 Å².